The van der Waals surface area contributed by atoms with Crippen molar-refractivity contribution in [2.75, 3.05) is 5.32 Å². The van der Waals surface area contributed by atoms with Crippen LogP contribution in [0.15, 0.2) is 35.4 Å². The van der Waals surface area contributed by atoms with E-state index in [4.69, 9.17) is 0 Å². The lowest BCUT2D eigenvalue weighted by Crippen LogP contribution is -2.21. The Labute approximate surface area is 132 Å². The summed E-state index contributed by atoms with van der Waals surface area (Å²) in [7, 11) is 0. The highest BCUT2D eigenvalue weighted by Gasteiger charge is 2.06. The van der Waals surface area contributed by atoms with Crippen LogP contribution in [-0.4, -0.2) is 17.5 Å². The van der Waals surface area contributed by atoms with Gasteiger partial charge >= 0.3 is 0 Å². The molecule has 5 heteroatoms. The van der Waals surface area contributed by atoms with Crippen LogP contribution < -0.4 is 10.7 Å². The molecule has 0 aliphatic rings. The third-order valence-corrected chi connectivity index (χ3v) is 3.15. The normalized spacial score (nSPS) is 11.1. The molecule has 2 N–H and O–H groups in total. The number of anilines is 1. The predicted molar refractivity (Wildman–Crippen MR) is 89.7 cm³/mol. The lowest BCUT2D eigenvalue weighted by atomic mass is 10.1. The van der Waals surface area contributed by atoms with E-state index in [1.165, 1.54) is 6.42 Å². The van der Waals surface area contributed by atoms with Gasteiger partial charge in [0.1, 0.15) is 0 Å². The molecule has 5 nitrogen and oxygen atoms in total. The van der Waals surface area contributed by atoms with Crippen LogP contribution in [0, 0.1) is 0 Å². The molecule has 0 saturated carbocycles. The van der Waals surface area contributed by atoms with Gasteiger partial charge in [-0.2, -0.15) is 5.10 Å². The van der Waals surface area contributed by atoms with Crippen molar-refractivity contribution in [3.8, 4) is 0 Å². The minimum atomic E-state index is -0.238. The van der Waals surface area contributed by atoms with Gasteiger partial charge in [0.15, 0.2) is 0 Å². The van der Waals surface area contributed by atoms with Crippen LogP contribution >= 0.6 is 0 Å². The average molecular weight is 303 g/mol. The van der Waals surface area contributed by atoms with Gasteiger partial charge in [0.2, 0.25) is 11.8 Å². The minimum Gasteiger partial charge on any atom is -0.326 e. The molecule has 1 rings (SSSR count). The third-order valence-electron chi connectivity index (χ3n) is 3.15. The lowest BCUT2D eigenvalue weighted by molar-refractivity contribution is -0.124. The van der Waals surface area contributed by atoms with E-state index in [9.17, 15) is 9.59 Å². The number of benzene rings is 1. The summed E-state index contributed by atoms with van der Waals surface area (Å²) >= 11 is 0. The van der Waals surface area contributed by atoms with Gasteiger partial charge in [-0.05, 0) is 31.9 Å². The molecule has 0 aromatic heterocycles. The first kappa shape index (κ1) is 17.9. The van der Waals surface area contributed by atoms with Crippen molar-refractivity contribution in [3.63, 3.8) is 0 Å². The number of carbonyl (C=O) groups is 2. The highest BCUT2D eigenvalue weighted by atomic mass is 16.2. The van der Waals surface area contributed by atoms with Crippen molar-refractivity contribution < 1.29 is 9.59 Å². The first-order chi connectivity index (χ1) is 10.6. The van der Waals surface area contributed by atoms with E-state index >= 15 is 0 Å². The van der Waals surface area contributed by atoms with E-state index in [0.717, 1.165) is 30.7 Å². The fourth-order valence-corrected chi connectivity index (χ4v) is 1.87. The van der Waals surface area contributed by atoms with E-state index in [-0.39, 0.29) is 24.7 Å². The molecule has 1 aromatic rings. The molecule has 2 amide bonds. The van der Waals surface area contributed by atoms with Crippen molar-refractivity contribution in [3.05, 3.63) is 30.3 Å². The fourth-order valence-electron chi connectivity index (χ4n) is 1.87. The van der Waals surface area contributed by atoms with E-state index < -0.39 is 0 Å². The zero-order chi connectivity index (χ0) is 16.2. The van der Waals surface area contributed by atoms with Gasteiger partial charge in [0.05, 0.1) is 0 Å². The summed E-state index contributed by atoms with van der Waals surface area (Å²) in [6, 6.07) is 9.19. The molecule has 0 unspecified atom stereocenters. The Morgan fingerprint density at radius 1 is 1.00 bits per heavy atom. The van der Waals surface area contributed by atoms with Crippen LogP contribution in [0.1, 0.15) is 52.4 Å². The monoisotopic (exact) mass is 303 g/mol. The van der Waals surface area contributed by atoms with Crippen LogP contribution in [0.5, 0.6) is 0 Å². The molecule has 0 aliphatic heterocycles. The number of para-hydroxylation sites is 1. The summed E-state index contributed by atoms with van der Waals surface area (Å²) < 4.78 is 0. The van der Waals surface area contributed by atoms with Crippen molar-refractivity contribution in [2.45, 2.75) is 52.4 Å². The topological polar surface area (TPSA) is 70.6 Å². The van der Waals surface area contributed by atoms with Crippen molar-refractivity contribution >= 4 is 23.2 Å². The van der Waals surface area contributed by atoms with Crippen LogP contribution in [0.3, 0.4) is 0 Å². The van der Waals surface area contributed by atoms with Gasteiger partial charge in [-0.15, -0.1) is 0 Å². The van der Waals surface area contributed by atoms with Gasteiger partial charge < -0.3 is 5.32 Å². The largest absolute Gasteiger partial charge is 0.326 e. The van der Waals surface area contributed by atoms with Gasteiger partial charge in [-0.25, -0.2) is 5.43 Å². The van der Waals surface area contributed by atoms with Gasteiger partial charge in [-0.1, -0.05) is 38.0 Å². The summed E-state index contributed by atoms with van der Waals surface area (Å²) in [6.07, 6.45) is 4.58. The Morgan fingerprint density at radius 3 is 2.36 bits per heavy atom. The highest BCUT2D eigenvalue weighted by Crippen LogP contribution is 2.06. The average Bonchev–Trinajstić information content (AvgIpc) is 2.52. The number of hydrazone groups is 1. The van der Waals surface area contributed by atoms with Crippen molar-refractivity contribution in [1.29, 1.82) is 0 Å². The molecule has 0 radical (unpaired) electrons. The van der Waals surface area contributed by atoms with Crippen molar-refractivity contribution in [2.24, 2.45) is 5.10 Å². The highest BCUT2D eigenvalue weighted by molar-refractivity contribution is 5.93. The molecular weight excluding hydrogens is 278 g/mol. The minimum absolute atomic E-state index is 0.129. The molecule has 0 fully saturated rings. The molecular formula is C17H25N3O2. The molecule has 0 saturated heterocycles. The van der Waals surface area contributed by atoms with Crippen molar-refractivity contribution in [1.82, 2.24) is 5.43 Å². The molecule has 120 valence electrons. The number of hydrogen-bond acceptors (Lipinski definition) is 3. The zero-order valence-electron chi connectivity index (χ0n) is 13.4. The summed E-state index contributed by atoms with van der Waals surface area (Å²) in [5, 5.41) is 6.78. The quantitative estimate of drug-likeness (QED) is 0.416. The first-order valence-corrected chi connectivity index (χ1v) is 7.78. The van der Waals surface area contributed by atoms with E-state index in [1.807, 2.05) is 37.3 Å². The van der Waals surface area contributed by atoms with E-state index in [1.54, 1.807) is 0 Å². The maximum absolute atomic E-state index is 11.7. The van der Waals surface area contributed by atoms with Gasteiger partial charge in [-0.3, -0.25) is 9.59 Å². The lowest BCUT2D eigenvalue weighted by Gasteiger charge is -2.05. The Kier molecular flexibility index (Phi) is 8.57. The Morgan fingerprint density at radius 2 is 1.68 bits per heavy atom. The third kappa shape index (κ3) is 8.19. The number of hydrogen-bond donors (Lipinski definition) is 2. The number of amides is 2. The molecule has 0 bridgehead atoms. The van der Waals surface area contributed by atoms with E-state index in [2.05, 4.69) is 22.8 Å². The summed E-state index contributed by atoms with van der Waals surface area (Å²) in [6.45, 7) is 4.05. The maximum Gasteiger partial charge on any atom is 0.240 e. The Bertz CT molecular complexity index is 498. The molecule has 0 aliphatic carbocycles. The number of carbonyl (C=O) groups excluding carboxylic acids is 2. The summed E-state index contributed by atoms with van der Waals surface area (Å²) in [5.74, 6) is -0.414. The van der Waals surface area contributed by atoms with Gasteiger partial charge in [0, 0.05) is 24.2 Å². The second kappa shape index (κ2) is 10.5. The van der Waals surface area contributed by atoms with Crippen LogP contribution in [0.25, 0.3) is 0 Å². The Hall–Kier alpha value is -2.17. The summed E-state index contributed by atoms with van der Waals surface area (Å²) in [4.78, 5) is 23.3. The van der Waals surface area contributed by atoms with Crippen LogP contribution in [0.2, 0.25) is 0 Å². The smallest absolute Gasteiger partial charge is 0.240 e. The Balaban J connectivity index is 2.22. The predicted octanol–water partition coefficient (Wildman–Crippen LogP) is 3.48. The number of nitrogens with zero attached hydrogens (tertiary/aromatic N) is 1. The second-order valence-electron chi connectivity index (χ2n) is 5.25. The molecule has 0 atom stereocenters. The standard InChI is InChI=1S/C17H25N3O2/c1-3-4-6-9-14(2)19-20-17(22)13-12-16(21)18-15-10-7-5-8-11-15/h5,7-8,10-11H,3-4,6,9,12-13H2,1-2H3,(H,18,21)(H,20,22)/b19-14+. The number of unbranched alkanes of at least 4 members (excludes halogenated alkanes) is 2. The second-order valence-corrected chi connectivity index (χ2v) is 5.25. The van der Waals surface area contributed by atoms with Crippen LogP contribution in [0.4, 0.5) is 5.69 Å². The molecule has 22 heavy (non-hydrogen) atoms. The molecule has 1 aromatic carbocycles. The summed E-state index contributed by atoms with van der Waals surface area (Å²) in [5.41, 5.74) is 4.14. The van der Waals surface area contributed by atoms with Gasteiger partial charge in [0.25, 0.3) is 0 Å². The maximum atomic E-state index is 11.7. The number of nitrogens with one attached hydrogen (secondary N) is 2. The molecule has 0 spiro atoms. The SMILES string of the molecule is CCCCC/C(C)=N/NC(=O)CCC(=O)Nc1ccccc1. The fraction of sp³-hybridized carbons (Fsp3) is 0.471. The van der Waals surface area contributed by atoms with E-state index in [0.29, 0.717) is 0 Å². The zero-order valence-corrected chi connectivity index (χ0v) is 13.4. The van der Waals surface area contributed by atoms with Crippen LogP contribution in [-0.2, 0) is 9.59 Å². The first-order valence-electron chi connectivity index (χ1n) is 7.78. The number of rotatable bonds is 9. The molecule has 0 heterocycles.